The topological polar surface area (TPSA) is 105 Å². The smallest absolute Gasteiger partial charge is 0.341 e. The first-order valence-electron chi connectivity index (χ1n) is 7.84. The van der Waals surface area contributed by atoms with Gasteiger partial charge >= 0.3 is 5.97 Å². The van der Waals surface area contributed by atoms with Crippen LogP contribution < -0.4 is 19.8 Å². The molecule has 4 rings (SSSR count). The van der Waals surface area contributed by atoms with E-state index in [-0.39, 0.29) is 23.6 Å². The van der Waals surface area contributed by atoms with Crippen molar-refractivity contribution in [2.24, 2.45) is 0 Å². The molecule has 0 radical (unpaired) electrons. The quantitative estimate of drug-likeness (QED) is 0.686. The lowest BCUT2D eigenvalue weighted by atomic mass is 10.1. The van der Waals surface area contributed by atoms with E-state index in [0.29, 0.717) is 36.0 Å². The number of nitrogens with one attached hydrogen (secondary N) is 1. The maximum Gasteiger partial charge on any atom is 0.341 e. The lowest BCUT2D eigenvalue weighted by Crippen LogP contribution is -2.14. The first-order chi connectivity index (χ1) is 12.7. The van der Waals surface area contributed by atoms with Crippen molar-refractivity contribution in [3.05, 3.63) is 46.5 Å². The number of hydrogen-bond acceptors (Lipinski definition) is 7. The summed E-state index contributed by atoms with van der Waals surface area (Å²) < 4.78 is 22.7. The van der Waals surface area contributed by atoms with Crippen LogP contribution in [0.25, 0.3) is 11.3 Å². The van der Waals surface area contributed by atoms with Crippen molar-refractivity contribution in [3.63, 3.8) is 0 Å². The number of ether oxygens (including phenoxy) is 4. The summed E-state index contributed by atoms with van der Waals surface area (Å²) >= 11 is 0. The number of carbonyl (C=O) groups is 1. The summed E-state index contributed by atoms with van der Waals surface area (Å²) in [5, 5.41) is 6.23. The van der Waals surface area contributed by atoms with Crippen LogP contribution in [0.4, 0.5) is 0 Å². The number of hydrogen-bond donors (Lipinski definition) is 1. The Kier molecular flexibility index (Phi) is 3.96. The highest BCUT2D eigenvalue weighted by Gasteiger charge is 2.21. The van der Waals surface area contributed by atoms with Gasteiger partial charge in [0.15, 0.2) is 11.5 Å². The first-order valence-corrected chi connectivity index (χ1v) is 7.84. The van der Waals surface area contributed by atoms with Gasteiger partial charge < -0.3 is 23.5 Å². The molecule has 3 heterocycles. The Labute approximate surface area is 147 Å². The van der Waals surface area contributed by atoms with Gasteiger partial charge in [0.2, 0.25) is 6.79 Å². The molecule has 3 aliphatic rings. The Morgan fingerprint density at radius 1 is 1.31 bits per heavy atom. The van der Waals surface area contributed by atoms with E-state index in [1.54, 1.807) is 35.2 Å². The molecule has 0 saturated carbocycles. The van der Waals surface area contributed by atoms with Crippen LogP contribution in [0.1, 0.15) is 10.4 Å². The molecule has 26 heavy (non-hydrogen) atoms. The zero-order valence-electron chi connectivity index (χ0n) is 13.9. The molecule has 0 aliphatic carbocycles. The second kappa shape index (κ2) is 6.43. The van der Waals surface area contributed by atoms with Gasteiger partial charge in [-0.1, -0.05) is 0 Å². The van der Waals surface area contributed by atoms with E-state index in [0.717, 1.165) is 0 Å². The third kappa shape index (κ3) is 2.83. The fraction of sp³-hybridized carbons (Fsp3) is 0.235. The van der Waals surface area contributed by atoms with E-state index in [4.69, 9.17) is 18.9 Å². The molecule has 9 heteroatoms. The summed E-state index contributed by atoms with van der Waals surface area (Å²) in [6.07, 6.45) is 3.20. The average Bonchev–Trinajstić information content (AvgIpc) is 3.27. The van der Waals surface area contributed by atoms with Gasteiger partial charge in [-0.15, -0.1) is 0 Å². The minimum absolute atomic E-state index is 0.202. The van der Waals surface area contributed by atoms with Crippen LogP contribution in [0.2, 0.25) is 0 Å². The van der Waals surface area contributed by atoms with Crippen molar-refractivity contribution >= 4 is 5.97 Å². The minimum Gasteiger partial charge on any atom is -0.492 e. The lowest BCUT2D eigenvalue weighted by molar-refractivity contribution is 0.0600. The van der Waals surface area contributed by atoms with Gasteiger partial charge in [-0.25, -0.2) is 9.89 Å². The van der Waals surface area contributed by atoms with Crippen LogP contribution in [0.15, 0.2) is 35.4 Å². The lowest BCUT2D eigenvalue weighted by Gasteiger charge is -2.12. The highest BCUT2D eigenvalue weighted by atomic mass is 16.7. The fourth-order valence-corrected chi connectivity index (χ4v) is 2.71. The monoisotopic (exact) mass is 357 g/mol. The van der Waals surface area contributed by atoms with Gasteiger partial charge in [0.25, 0.3) is 5.56 Å². The van der Waals surface area contributed by atoms with Crippen molar-refractivity contribution in [3.8, 4) is 28.5 Å². The van der Waals surface area contributed by atoms with Crippen LogP contribution in [-0.2, 0) is 11.3 Å². The largest absolute Gasteiger partial charge is 0.492 e. The Balaban J connectivity index is 1.52. The second-order valence-electron chi connectivity index (χ2n) is 5.58. The Morgan fingerprint density at radius 3 is 3.00 bits per heavy atom. The Bertz CT molecular complexity index is 992. The third-order valence-electron chi connectivity index (χ3n) is 3.98. The number of carbonyl (C=O) groups excluding carboxylic acids is 1. The maximum absolute atomic E-state index is 11.9. The number of benzene rings is 1. The fourth-order valence-electron chi connectivity index (χ4n) is 2.71. The molecule has 0 fully saturated rings. The number of rotatable bonds is 5. The van der Waals surface area contributed by atoms with E-state index < -0.39 is 5.97 Å². The van der Waals surface area contributed by atoms with Crippen molar-refractivity contribution in [1.29, 1.82) is 0 Å². The molecule has 0 bridgehead atoms. The van der Waals surface area contributed by atoms with Gasteiger partial charge in [0, 0.05) is 18.5 Å². The van der Waals surface area contributed by atoms with Crippen LogP contribution in [-0.4, -0.2) is 41.2 Å². The van der Waals surface area contributed by atoms with Crippen molar-refractivity contribution in [1.82, 2.24) is 14.8 Å². The first kappa shape index (κ1) is 16.0. The van der Waals surface area contributed by atoms with E-state index in [2.05, 4.69) is 10.2 Å². The van der Waals surface area contributed by atoms with Crippen LogP contribution in [0.5, 0.6) is 17.2 Å². The molecular weight excluding hydrogens is 342 g/mol. The van der Waals surface area contributed by atoms with Gasteiger partial charge in [-0.2, -0.15) is 5.10 Å². The highest BCUT2D eigenvalue weighted by molar-refractivity contribution is 5.95. The summed E-state index contributed by atoms with van der Waals surface area (Å²) in [4.78, 5) is 23.8. The summed E-state index contributed by atoms with van der Waals surface area (Å²) in [5.74, 6) is 1.39. The van der Waals surface area contributed by atoms with Crippen molar-refractivity contribution in [2.75, 3.05) is 20.5 Å². The van der Waals surface area contributed by atoms with Gasteiger partial charge in [-0.05, 0) is 12.1 Å². The third-order valence-corrected chi connectivity index (χ3v) is 3.98. The summed E-state index contributed by atoms with van der Waals surface area (Å²) in [6, 6.07) is 5.32. The molecule has 0 unspecified atom stereocenters. The normalized spacial score (nSPS) is 12.3. The summed E-state index contributed by atoms with van der Waals surface area (Å²) in [5.41, 5.74) is 0.452. The highest BCUT2D eigenvalue weighted by Crippen LogP contribution is 2.35. The number of pyridine rings is 1. The van der Waals surface area contributed by atoms with E-state index in [9.17, 15) is 9.59 Å². The van der Waals surface area contributed by atoms with Crippen molar-refractivity contribution in [2.45, 2.75) is 6.54 Å². The van der Waals surface area contributed by atoms with Crippen molar-refractivity contribution < 1.29 is 23.7 Å². The molecule has 0 aromatic heterocycles. The van der Waals surface area contributed by atoms with E-state index >= 15 is 0 Å². The molecule has 1 N–H and O–H groups in total. The number of H-pyrrole nitrogens is 1. The van der Waals surface area contributed by atoms with Gasteiger partial charge in [0.1, 0.15) is 23.6 Å². The molecule has 3 aliphatic heterocycles. The van der Waals surface area contributed by atoms with Crippen LogP contribution in [0.3, 0.4) is 0 Å². The van der Waals surface area contributed by atoms with Crippen LogP contribution >= 0.6 is 0 Å². The zero-order valence-corrected chi connectivity index (χ0v) is 13.9. The summed E-state index contributed by atoms with van der Waals surface area (Å²) in [6.45, 7) is 0.939. The zero-order chi connectivity index (χ0) is 18.1. The number of aromatic nitrogens is 3. The molecule has 9 nitrogen and oxygen atoms in total. The number of esters is 1. The SMILES string of the molecule is COC(=O)c1cn(CCOc2ccc3c(c2)OCO3)cc2c(=O)[nH]nc1-2. The number of methoxy groups -OCH3 is 1. The molecule has 1 aromatic carbocycles. The second-order valence-corrected chi connectivity index (χ2v) is 5.58. The molecular formula is C17H15N3O6. The number of aromatic amines is 1. The van der Waals surface area contributed by atoms with Gasteiger partial charge in [0.05, 0.1) is 19.2 Å². The average molecular weight is 357 g/mol. The predicted octanol–water partition coefficient (Wildman–Crippen LogP) is 1.27. The van der Waals surface area contributed by atoms with E-state index in [1.165, 1.54) is 7.11 Å². The van der Waals surface area contributed by atoms with Crippen LogP contribution in [0, 0.1) is 0 Å². The summed E-state index contributed by atoms with van der Waals surface area (Å²) in [7, 11) is 1.28. The Morgan fingerprint density at radius 2 is 2.15 bits per heavy atom. The van der Waals surface area contributed by atoms with Gasteiger partial charge in [-0.3, -0.25) is 4.79 Å². The predicted molar refractivity (Wildman–Crippen MR) is 88.9 cm³/mol. The molecule has 134 valence electrons. The minimum atomic E-state index is -0.562. The molecule has 0 spiro atoms. The Hall–Kier alpha value is -3.49. The molecule has 0 atom stereocenters. The molecule has 0 amide bonds. The molecule has 0 saturated heterocycles. The molecule has 1 aromatic rings. The van der Waals surface area contributed by atoms with E-state index in [1.807, 2.05) is 0 Å². The number of fused-ring (bicyclic) bond motifs is 2. The maximum atomic E-state index is 11.9. The standard InChI is InChI=1S/C17H15N3O6/c1-23-17(22)12-8-20(7-11-15(12)18-19-16(11)21)4-5-24-10-2-3-13-14(6-10)26-9-25-13/h2-3,6-8H,4-5,9H2,1H3,(H,19,21). The number of nitrogens with zero attached hydrogens (tertiary/aromatic N) is 2.